The Morgan fingerprint density at radius 3 is 2.25 bits per heavy atom. The van der Waals surface area contributed by atoms with Gasteiger partial charge >= 0.3 is 7.12 Å². The summed E-state index contributed by atoms with van der Waals surface area (Å²) < 4.78 is 33.0. The smallest absolute Gasteiger partial charge is 0.495 e. The Kier molecular flexibility index (Phi) is 4.28. The summed E-state index contributed by atoms with van der Waals surface area (Å²) in [5, 5.41) is 0. The first-order valence-corrected chi connectivity index (χ1v) is 9.32. The molecule has 3 aromatic rings. The van der Waals surface area contributed by atoms with Crippen molar-refractivity contribution in [1.82, 2.24) is 9.97 Å². The molecule has 0 amide bonds. The second-order valence-electron chi connectivity index (χ2n) is 8.25. The Bertz CT molecular complexity index is 1030. The van der Waals surface area contributed by atoms with E-state index in [2.05, 4.69) is 9.97 Å². The Morgan fingerprint density at radius 2 is 1.68 bits per heavy atom. The fraction of sp³-hybridized carbons (Fsp3) is 0.381. The molecule has 2 heterocycles. The third kappa shape index (κ3) is 2.90. The number of nitrogens with one attached hydrogen (secondary N) is 1. The molecule has 1 aromatic heterocycles. The zero-order chi connectivity index (χ0) is 20.3. The van der Waals surface area contributed by atoms with Crippen LogP contribution in [0, 0.1) is 12.7 Å². The number of methoxy groups -OCH3 is 1. The molecule has 28 heavy (non-hydrogen) atoms. The first kappa shape index (κ1) is 19.0. The predicted octanol–water partition coefficient (Wildman–Crippen LogP) is 3.99. The molecule has 1 N–H and O–H groups in total. The van der Waals surface area contributed by atoms with Gasteiger partial charge in [-0.05, 0) is 40.7 Å². The highest BCUT2D eigenvalue weighted by molar-refractivity contribution is 6.62. The van der Waals surface area contributed by atoms with Gasteiger partial charge in [0.15, 0.2) is 5.82 Å². The average Bonchev–Trinajstić information content (AvgIpc) is 3.15. The molecule has 1 fully saturated rings. The van der Waals surface area contributed by atoms with Gasteiger partial charge in [0.25, 0.3) is 0 Å². The van der Waals surface area contributed by atoms with Gasteiger partial charge in [0, 0.05) is 11.0 Å². The van der Waals surface area contributed by atoms with Crippen LogP contribution in [0.2, 0.25) is 0 Å². The first-order chi connectivity index (χ1) is 13.1. The van der Waals surface area contributed by atoms with Crippen molar-refractivity contribution in [1.29, 1.82) is 0 Å². The maximum absolute atomic E-state index is 15.4. The SMILES string of the molecule is COc1cc(B2OC(C)(C)C(C)(C)O2)c(F)c2nc(-c3ccc(C)cc3)[nH]c12. The van der Waals surface area contributed by atoms with E-state index in [1.165, 1.54) is 0 Å². The third-order valence-electron chi connectivity index (χ3n) is 5.75. The van der Waals surface area contributed by atoms with Crippen LogP contribution in [0.1, 0.15) is 33.3 Å². The van der Waals surface area contributed by atoms with E-state index in [-0.39, 0.29) is 11.0 Å². The fourth-order valence-electron chi connectivity index (χ4n) is 3.27. The molecule has 2 aromatic carbocycles. The van der Waals surface area contributed by atoms with Gasteiger partial charge in [-0.15, -0.1) is 0 Å². The van der Waals surface area contributed by atoms with Crippen molar-refractivity contribution < 1.29 is 18.4 Å². The molecule has 1 aliphatic rings. The summed E-state index contributed by atoms with van der Waals surface area (Å²) in [6.07, 6.45) is 0. The predicted molar refractivity (Wildman–Crippen MR) is 108 cm³/mol. The third-order valence-corrected chi connectivity index (χ3v) is 5.75. The van der Waals surface area contributed by atoms with Crippen molar-refractivity contribution in [2.45, 2.75) is 45.8 Å². The molecule has 0 saturated carbocycles. The van der Waals surface area contributed by atoms with Gasteiger partial charge < -0.3 is 19.0 Å². The van der Waals surface area contributed by atoms with Crippen molar-refractivity contribution in [3.05, 3.63) is 41.7 Å². The summed E-state index contributed by atoms with van der Waals surface area (Å²) >= 11 is 0. The van der Waals surface area contributed by atoms with Crippen LogP contribution < -0.4 is 10.2 Å². The number of aryl methyl sites for hydroxylation is 1. The highest BCUT2D eigenvalue weighted by Gasteiger charge is 2.52. The van der Waals surface area contributed by atoms with Gasteiger partial charge in [0.05, 0.1) is 18.3 Å². The van der Waals surface area contributed by atoms with Gasteiger partial charge in [-0.2, -0.15) is 0 Å². The monoisotopic (exact) mass is 382 g/mol. The van der Waals surface area contributed by atoms with Crippen molar-refractivity contribution in [2.24, 2.45) is 0 Å². The number of ether oxygens (including phenoxy) is 1. The van der Waals surface area contributed by atoms with Crippen LogP contribution in [0.15, 0.2) is 30.3 Å². The van der Waals surface area contributed by atoms with Gasteiger partial charge in [-0.1, -0.05) is 29.8 Å². The summed E-state index contributed by atoms with van der Waals surface area (Å²) in [6, 6.07) is 9.51. The quantitative estimate of drug-likeness (QED) is 0.697. The lowest BCUT2D eigenvalue weighted by atomic mass is 9.78. The molecule has 0 spiro atoms. The Balaban J connectivity index is 1.84. The molecule has 1 saturated heterocycles. The van der Waals surface area contributed by atoms with Gasteiger partial charge in [0.2, 0.25) is 0 Å². The van der Waals surface area contributed by atoms with Gasteiger partial charge in [-0.3, -0.25) is 0 Å². The molecule has 0 bridgehead atoms. The van der Waals surface area contributed by atoms with E-state index in [0.717, 1.165) is 11.1 Å². The minimum atomic E-state index is -0.831. The topological polar surface area (TPSA) is 56.4 Å². The van der Waals surface area contributed by atoms with E-state index in [4.69, 9.17) is 14.0 Å². The van der Waals surface area contributed by atoms with Crippen LogP contribution in [-0.4, -0.2) is 35.4 Å². The number of rotatable bonds is 3. The number of aromatic amines is 1. The lowest BCUT2D eigenvalue weighted by Gasteiger charge is -2.32. The second-order valence-corrected chi connectivity index (χ2v) is 8.25. The summed E-state index contributed by atoms with van der Waals surface area (Å²) in [7, 11) is 0.718. The van der Waals surface area contributed by atoms with Crippen molar-refractivity contribution in [3.8, 4) is 17.1 Å². The van der Waals surface area contributed by atoms with Gasteiger partial charge in [-0.25, -0.2) is 9.37 Å². The normalized spacial score (nSPS) is 18.0. The summed E-state index contributed by atoms with van der Waals surface area (Å²) in [5.74, 6) is 0.606. The highest BCUT2D eigenvalue weighted by atomic mass is 19.1. The molecule has 0 atom stereocenters. The zero-order valence-electron chi connectivity index (χ0n) is 17.0. The summed E-state index contributed by atoms with van der Waals surface area (Å²) in [6.45, 7) is 9.76. The van der Waals surface area contributed by atoms with Crippen LogP contribution >= 0.6 is 0 Å². The number of hydrogen-bond acceptors (Lipinski definition) is 4. The largest absolute Gasteiger partial charge is 0.498 e. The number of imidazole rings is 1. The molecule has 0 unspecified atom stereocenters. The van der Waals surface area contributed by atoms with Gasteiger partial charge in [0.1, 0.15) is 22.6 Å². The van der Waals surface area contributed by atoms with Crippen LogP contribution in [0.5, 0.6) is 5.75 Å². The van der Waals surface area contributed by atoms with Crippen LogP contribution in [0.3, 0.4) is 0 Å². The molecule has 5 nitrogen and oxygen atoms in total. The molecular weight excluding hydrogens is 358 g/mol. The Morgan fingerprint density at radius 1 is 1.07 bits per heavy atom. The lowest BCUT2D eigenvalue weighted by Crippen LogP contribution is -2.41. The van der Waals surface area contributed by atoms with Crippen molar-refractivity contribution >= 4 is 23.6 Å². The molecular formula is C21H24BFN2O3. The van der Waals surface area contributed by atoms with Crippen LogP contribution in [0.4, 0.5) is 4.39 Å². The standard InChI is InChI=1S/C21H24BFN2O3/c1-12-7-9-13(10-8-12)19-24-17-15(26-6)11-14(16(23)18(17)25-19)22-27-20(2,3)21(4,5)28-22/h7-11H,1-6H3,(H,24,25). The first-order valence-electron chi connectivity index (χ1n) is 9.32. The number of H-pyrrole nitrogens is 1. The number of nitrogens with zero attached hydrogens (tertiary/aromatic N) is 1. The van der Waals surface area contributed by atoms with E-state index in [1.807, 2.05) is 58.9 Å². The lowest BCUT2D eigenvalue weighted by molar-refractivity contribution is 0.00578. The van der Waals surface area contributed by atoms with E-state index < -0.39 is 24.1 Å². The van der Waals surface area contributed by atoms with Crippen LogP contribution in [-0.2, 0) is 9.31 Å². The summed E-state index contributed by atoms with van der Waals surface area (Å²) in [5.41, 5.74) is 1.89. The van der Waals surface area contributed by atoms with E-state index in [0.29, 0.717) is 17.1 Å². The minimum absolute atomic E-state index is 0.208. The second kappa shape index (κ2) is 6.32. The Labute approximate surface area is 164 Å². The van der Waals surface area contributed by atoms with E-state index in [1.54, 1.807) is 13.2 Å². The van der Waals surface area contributed by atoms with Crippen LogP contribution in [0.25, 0.3) is 22.4 Å². The summed E-state index contributed by atoms with van der Waals surface area (Å²) in [4.78, 5) is 7.69. The Hall–Kier alpha value is -2.38. The molecule has 1 aliphatic heterocycles. The maximum Gasteiger partial charge on any atom is 0.498 e. The molecule has 146 valence electrons. The minimum Gasteiger partial charge on any atom is -0.495 e. The zero-order valence-corrected chi connectivity index (χ0v) is 17.0. The average molecular weight is 382 g/mol. The van der Waals surface area contributed by atoms with Crippen molar-refractivity contribution in [3.63, 3.8) is 0 Å². The van der Waals surface area contributed by atoms with E-state index in [9.17, 15) is 0 Å². The number of hydrogen-bond donors (Lipinski definition) is 1. The molecule has 7 heteroatoms. The molecule has 0 radical (unpaired) electrons. The number of aromatic nitrogens is 2. The highest BCUT2D eigenvalue weighted by Crippen LogP contribution is 2.38. The molecule has 4 rings (SSSR count). The number of fused-ring (bicyclic) bond motifs is 1. The number of halogens is 1. The fourth-order valence-corrected chi connectivity index (χ4v) is 3.27. The maximum atomic E-state index is 15.4. The molecule has 0 aliphatic carbocycles. The van der Waals surface area contributed by atoms with E-state index >= 15 is 4.39 Å². The van der Waals surface area contributed by atoms with Crippen molar-refractivity contribution in [2.75, 3.05) is 7.11 Å². The number of benzene rings is 2.